The molecule has 0 bridgehead atoms. The molecule has 1 fully saturated rings. The fraction of sp³-hybridized carbons (Fsp3) is 0.417. The highest BCUT2D eigenvalue weighted by Crippen LogP contribution is 2.48. The van der Waals surface area contributed by atoms with Gasteiger partial charge in [-0.2, -0.15) is 0 Å². The van der Waals surface area contributed by atoms with Crippen molar-refractivity contribution in [2.75, 3.05) is 0 Å². The average Bonchev–Trinajstić information content (AvgIpc) is 3.54. The van der Waals surface area contributed by atoms with Crippen molar-refractivity contribution in [3.63, 3.8) is 0 Å². The SMILES string of the molecule is CCC(Cc1ccncc1)C1CC(=O)C(C(c2ccccc2)C2CC2)=CO1. The monoisotopic (exact) mass is 361 g/mol. The minimum Gasteiger partial charge on any atom is -0.497 e. The molecule has 1 aliphatic heterocycles. The van der Waals surface area contributed by atoms with Gasteiger partial charge in [0.15, 0.2) is 5.78 Å². The van der Waals surface area contributed by atoms with E-state index >= 15 is 0 Å². The van der Waals surface area contributed by atoms with Crippen LogP contribution in [-0.4, -0.2) is 16.9 Å². The lowest BCUT2D eigenvalue weighted by atomic mass is 9.81. The van der Waals surface area contributed by atoms with E-state index in [1.165, 1.54) is 24.0 Å². The zero-order valence-corrected chi connectivity index (χ0v) is 15.9. The Labute approximate surface area is 161 Å². The van der Waals surface area contributed by atoms with Gasteiger partial charge in [0.1, 0.15) is 6.10 Å². The van der Waals surface area contributed by atoms with Gasteiger partial charge < -0.3 is 4.74 Å². The molecule has 1 saturated carbocycles. The zero-order valence-electron chi connectivity index (χ0n) is 15.9. The second-order valence-corrected chi connectivity index (χ2v) is 7.83. The van der Waals surface area contributed by atoms with Crippen LogP contribution in [0.5, 0.6) is 0 Å². The molecular weight excluding hydrogens is 334 g/mol. The van der Waals surface area contributed by atoms with Gasteiger partial charge >= 0.3 is 0 Å². The van der Waals surface area contributed by atoms with Gasteiger partial charge in [-0.25, -0.2) is 0 Å². The number of Topliss-reactive ketones (excluding diaryl/α,β-unsaturated/α-hetero) is 1. The summed E-state index contributed by atoms with van der Waals surface area (Å²) in [6.07, 6.45) is 10.2. The molecule has 1 aromatic heterocycles. The maximum atomic E-state index is 13.1. The number of aromatic nitrogens is 1. The molecule has 4 rings (SSSR count). The summed E-state index contributed by atoms with van der Waals surface area (Å²) in [5.41, 5.74) is 3.37. The van der Waals surface area contributed by atoms with Crippen LogP contribution in [0.2, 0.25) is 0 Å². The highest BCUT2D eigenvalue weighted by atomic mass is 16.5. The molecule has 0 N–H and O–H groups in total. The van der Waals surface area contributed by atoms with Crippen LogP contribution in [0.25, 0.3) is 0 Å². The van der Waals surface area contributed by atoms with Crippen LogP contribution in [0.3, 0.4) is 0 Å². The second-order valence-electron chi connectivity index (χ2n) is 7.83. The van der Waals surface area contributed by atoms with Crippen LogP contribution in [0.4, 0.5) is 0 Å². The third-order valence-electron chi connectivity index (χ3n) is 5.96. The van der Waals surface area contributed by atoms with Gasteiger partial charge in [-0.15, -0.1) is 0 Å². The molecule has 0 saturated heterocycles. The third-order valence-corrected chi connectivity index (χ3v) is 5.96. The summed E-state index contributed by atoms with van der Waals surface area (Å²) in [6.45, 7) is 2.18. The van der Waals surface area contributed by atoms with Gasteiger partial charge in [-0.3, -0.25) is 9.78 Å². The van der Waals surface area contributed by atoms with E-state index in [2.05, 4.69) is 36.2 Å². The molecule has 0 amide bonds. The summed E-state index contributed by atoms with van der Waals surface area (Å²) in [7, 11) is 0. The number of pyridine rings is 1. The van der Waals surface area contributed by atoms with Crippen LogP contribution >= 0.6 is 0 Å². The summed E-state index contributed by atoms with van der Waals surface area (Å²) >= 11 is 0. The Bertz CT molecular complexity index is 796. The van der Waals surface area contributed by atoms with Crippen molar-refractivity contribution in [3.05, 3.63) is 77.8 Å². The smallest absolute Gasteiger partial charge is 0.166 e. The van der Waals surface area contributed by atoms with Crippen molar-refractivity contribution < 1.29 is 9.53 Å². The Morgan fingerprint density at radius 1 is 1.11 bits per heavy atom. The molecule has 3 atom stereocenters. The van der Waals surface area contributed by atoms with Crippen LogP contribution < -0.4 is 0 Å². The predicted molar refractivity (Wildman–Crippen MR) is 106 cm³/mol. The number of allylic oxidation sites excluding steroid dienone is 1. The van der Waals surface area contributed by atoms with Crippen molar-refractivity contribution >= 4 is 5.78 Å². The molecule has 140 valence electrons. The lowest BCUT2D eigenvalue weighted by Crippen LogP contribution is -2.32. The molecule has 3 unspecified atom stereocenters. The van der Waals surface area contributed by atoms with Crippen molar-refractivity contribution in [2.24, 2.45) is 11.8 Å². The van der Waals surface area contributed by atoms with Crippen LogP contribution in [-0.2, 0) is 16.0 Å². The van der Waals surface area contributed by atoms with Crippen LogP contribution in [0, 0.1) is 11.8 Å². The lowest BCUT2D eigenvalue weighted by molar-refractivity contribution is -0.120. The number of benzene rings is 1. The minimum absolute atomic E-state index is 0.0324. The zero-order chi connectivity index (χ0) is 18.6. The molecule has 27 heavy (non-hydrogen) atoms. The third kappa shape index (κ3) is 4.13. The van der Waals surface area contributed by atoms with Crippen molar-refractivity contribution in [1.29, 1.82) is 0 Å². The van der Waals surface area contributed by atoms with Gasteiger partial charge in [0.05, 0.1) is 6.26 Å². The van der Waals surface area contributed by atoms with Crippen molar-refractivity contribution in [1.82, 2.24) is 4.98 Å². The summed E-state index contributed by atoms with van der Waals surface area (Å²) in [5.74, 6) is 1.38. The van der Waals surface area contributed by atoms with E-state index in [1.807, 2.05) is 30.6 Å². The highest BCUT2D eigenvalue weighted by Gasteiger charge is 2.40. The van der Waals surface area contributed by atoms with Crippen LogP contribution in [0.15, 0.2) is 66.7 Å². The minimum atomic E-state index is -0.0324. The molecule has 0 spiro atoms. The van der Waals surface area contributed by atoms with E-state index in [-0.39, 0.29) is 17.8 Å². The number of ketones is 1. The Hall–Kier alpha value is -2.42. The fourth-order valence-electron chi connectivity index (χ4n) is 4.26. The van der Waals surface area contributed by atoms with E-state index in [4.69, 9.17) is 4.74 Å². The first-order chi connectivity index (χ1) is 13.3. The molecule has 2 aliphatic rings. The maximum absolute atomic E-state index is 13.1. The molecule has 0 radical (unpaired) electrons. The molecule has 1 aliphatic carbocycles. The van der Waals surface area contributed by atoms with Gasteiger partial charge in [0.25, 0.3) is 0 Å². The van der Waals surface area contributed by atoms with Crippen molar-refractivity contribution in [3.8, 4) is 0 Å². The Morgan fingerprint density at radius 3 is 2.48 bits per heavy atom. The van der Waals surface area contributed by atoms with Gasteiger partial charge in [-0.05, 0) is 54.9 Å². The summed E-state index contributed by atoms with van der Waals surface area (Å²) in [4.78, 5) is 17.2. The number of hydrogen-bond donors (Lipinski definition) is 0. The summed E-state index contributed by atoms with van der Waals surface area (Å²) in [6, 6.07) is 14.5. The quantitative estimate of drug-likeness (QED) is 0.690. The van der Waals surface area contributed by atoms with E-state index < -0.39 is 0 Å². The summed E-state index contributed by atoms with van der Waals surface area (Å²) in [5, 5.41) is 0. The van der Waals surface area contributed by atoms with E-state index in [9.17, 15) is 4.79 Å². The lowest BCUT2D eigenvalue weighted by Gasteiger charge is -2.31. The van der Waals surface area contributed by atoms with Gasteiger partial charge in [0, 0.05) is 36.2 Å². The molecule has 2 heterocycles. The molecular formula is C24H27NO2. The first-order valence-corrected chi connectivity index (χ1v) is 10.1. The molecule has 3 nitrogen and oxygen atoms in total. The van der Waals surface area contributed by atoms with E-state index in [0.29, 0.717) is 18.3 Å². The fourth-order valence-corrected chi connectivity index (χ4v) is 4.26. The number of carbonyl (C=O) groups is 1. The predicted octanol–water partition coefficient (Wildman–Crippen LogP) is 5.09. The molecule has 2 aromatic rings. The van der Waals surface area contributed by atoms with Crippen LogP contribution in [0.1, 0.15) is 49.7 Å². The maximum Gasteiger partial charge on any atom is 0.166 e. The van der Waals surface area contributed by atoms with E-state index in [0.717, 1.165) is 18.4 Å². The number of hydrogen-bond acceptors (Lipinski definition) is 3. The Balaban J connectivity index is 1.51. The molecule has 3 heteroatoms. The van der Waals surface area contributed by atoms with Crippen molar-refractivity contribution in [2.45, 2.75) is 51.0 Å². The number of nitrogens with zero attached hydrogens (tertiary/aromatic N) is 1. The Kier molecular flexibility index (Phi) is 5.38. The first-order valence-electron chi connectivity index (χ1n) is 10.1. The summed E-state index contributed by atoms with van der Waals surface area (Å²) < 4.78 is 6.17. The van der Waals surface area contributed by atoms with Gasteiger partial charge in [-0.1, -0.05) is 37.3 Å². The highest BCUT2D eigenvalue weighted by molar-refractivity contribution is 5.97. The number of rotatable bonds is 7. The Morgan fingerprint density at radius 2 is 1.85 bits per heavy atom. The standard InChI is InChI=1S/C24H27NO2/c1-2-18(14-17-10-12-25-13-11-17)23-15-22(26)21(16-27-23)24(20-8-9-20)19-6-4-3-5-7-19/h3-7,10-13,16,18,20,23-24H,2,8-9,14-15H2,1H3. The van der Waals surface area contributed by atoms with E-state index in [1.54, 1.807) is 6.26 Å². The number of ether oxygens (including phenoxy) is 1. The van der Waals surface area contributed by atoms with Gasteiger partial charge in [0.2, 0.25) is 0 Å². The largest absolute Gasteiger partial charge is 0.497 e. The average molecular weight is 361 g/mol. The topological polar surface area (TPSA) is 39.2 Å². The normalized spacial score (nSPS) is 21.9. The molecule has 1 aromatic carbocycles. The first kappa shape index (κ1) is 18.0. The number of carbonyl (C=O) groups excluding carboxylic acids is 1. The second kappa shape index (κ2) is 8.08.